The van der Waals surface area contributed by atoms with Gasteiger partial charge in [0, 0.05) is 32.5 Å². The van der Waals surface area contributed by atoms with Gasteiger partial charge in [0.1, 0.15) is 0 Å². The summed E-state index contributed by atoms with van der Waals surface area (Å²) in [7, 11) is 3.93. The number of guanidine groups is 1. The van der Waals surface area contributed by atoms with E-state index in [0.29, 0.717) is 0 Å². The van der Waals surface area contributed by atoms with Gasteiger partial charge < -0.3 is 15.2 Å². The van der Waals surface area contributed by atoms with Gasteiger partial charge >= 0.3 is 0 Å². The van der Waals surface area contributed by atoms with Gasteiger partial charge in [-0.1, -0.05) is 0 Å². The normalized spacial score (nSPS) is 17.5. The van der Waals surface area contributed by atoms with E-state index in [9.17, 15) is 0 Å². The number of rotatable bonds is 4. The minimum absolute atomic E-state index is 0.803. The smallest absolute Gasteiger partial charge is 0.193 e. The molecule has 0 spiro atoms. The molecule has 1 saturated heterocycles. The van der Waals surface area contributed by atoms with Crippen LogP contribution < -0.4 is 5.32 Å². The van der Waals surface area contributed by atoms with Gasteiger partial charge in [0.25, 0.3) is 0 Å². The molecular weight excluding hydrogens is 256 g/mol. The third-order valence-electron chi connectivity index (χ3n) is 3.53. The van der Waals surface area contributed by atoms with Gasteiger partial charge in [-0.2, -0.15) is 11.8 Å². The highest BCUT2D eigenvalue weighted by Gasteiger charge is 2.15. The van der Waals surface area contributed by atoms with Crippen molar-refractivity contribution >= 4 is 17.7 Å². The van der Waals surface area contributed by atoms with Crippen molar-refractivity contribution in [2.24, 2.45) is 10.9 Å². The van der Waals surface area contributed by atoms with Gasteiger partial charge in [-0.05, 0) is 42.4 Å². The molecule has 0 unspecified atom stereocenters. The Bertz CT molecular complexity index is 382. The second-order valence-electron chi connectivity index (χ2n) is 5.04. The van der Waals surface area contributed by atoms with Crippen molar-refractivity contribution in [2.75, 3.05) is 32.1 Å². The third-order valence-corrected chi connectivity index (χ3v) is 4.58. The van der Waals surface area contributed by atoms with Gasteiger partial charge in [-0.3, -0.25) is 4.99 Å². The highest BCUT2D eigenvalue weighted by Crippen LogP contribution is 2.21. The third kappa shape index (κ3) is 4.49. The highest BCUT2D eigenvalue weighted by atomic mass is 32.2. The van der Waals surface area contributed by atoms with Gasteiger partial charge in [-0.25, -0.2) is 0 Å². The number of aromatic amines is 1. The molecule has 1 aromatic rings. The quantitative estimate of drug-likeness (QED) is 0.656. The van der Waals surface area contributed by atoms with Crippen molar-refractivity contribution < 1.29 is 0 Å². The fourth-order valence-electron chi connectivity index (χ4n) is 2.37. The SMILES string of the molecule is CN=C(NCC1CCSCC1)N(C)Cc1ccc[nH]1. The molecule has 1 aliphatic rings. The molecule has 0 amide bonds. The summed E-state index contributed by atoms with van der Waals surface area (Å²) in [5, 5.41) is 3.50. The molecule has 5 heteroatoms. The Hall–Kier alpha value is -1.10. The molecule has 1 aromatic heterocycles. The number of hydrogen-bond acceptors (Lipinski definition) is 2. The molecule has 2 N–H and O–H groups in total. The number of H-pyrrole nitrogens is 1. The number of nitrogens with zero attached hydrogens (tertiary/aromatic N) is 2. The summed E-state index contributed by atoms with van der Waals surface area (Å²) in [6.07, 6.45) is 4.61. The van der Waals surface area contributed by atoms with E-state index in [1.807, 2.05) is 19.3 Å². The maximum atomic E-state index is 4.37. The first-order chi connectivity index (χ1) is 9.29. The van der Waals surface area contributed by atoms with Crippen LogP contribution in [0.2, 0.25) is 0 Å². The molecule has 1 fully saturated rings. The van der Waals surface area contributed by atoms with Gasteiger partial charge in [-0.15, -0.1) is 0 Å². The largest absolute Gasteiger partial charge is 0.364 e. The van der Waals surface area contributed by atoms with Gasteiger partial charge in [0.15, 0.2) is 5.96 Å². The molecule has 2 rings (SSSR count). The lowest BCUT2D eigenvalue weighted by atomic mass is 10.0. The molecule has 0 atom stereocenters. The summed E-state index contributed by atoms with van der Waals surface area (Å²) in [6, 6.07) is 4.13. The number of aromatic nitrogens is 1. The van der Waals surface area contributed by atoms with Crippen molar-refractivity contribution in [1.29, 1.82) is 0 Å². The molecule has 19 heavy (non-hydrogen) atoms. The van der Waals surface area contributed by atoms with E-state index in [0.717, 1.165) is 25.0 Å². The zero-order valence-electron chi connectivity index (χ0n) is 11.9. The van der Waals surface area contributed by atoms with Crippen molar-refractivity contribution in [3.8, 4) is 0 Å². The van der Waals surface area contributed by atoms with E-state index in [4.69, 9.17) is 0 Å². The molecule has 106 valence electrons. The van der Waals surface area contributed by atoms with Crippen LogP contribution in [0.3, 0.4) is 0 Å². The van der Waals surface area contributed by atoms with Crippen LogP contribution in [-0.4, -0.2) is 48.0 Å². The van der Waals surface area contributed by atoms with Crippen LogP contribution in [0.25, 0.3) is 0 Å². The molecule has 0 bridgehead atoms. The van der Waals surface area contributed by atoms with E-state index in [-0.39, 0.29) is 0 Å². The van der Waals surface area contributed by atoms with E-state index >= 15 is 0 Å². The molecular formula is C14H24N4S. The molecule has 0 saturated carbocycles. The fourth-order valence-corrected chi connectivity index (χ4v) is 3.57. The molecule has 0 aromatic carbocycles. The summed E-state index contributed by atoms with van der Waals surface area (Å²) < 4.78 is 0. The molecule has 1 aliphatic heterocycles. The maximum absolute atomic E-state index is 4.37. The van der Waals surface area contributed by atoms with Crippen LogP contribution in [0.4, 0.5) is 0 Å². The van der Waals surface area contributed by atoms with Crippen LogP contribution >= 0.6 is 11.8 Å². The number of hydrogen-bond donors (Lipinski definition) is 2. The highest BCUT2D eigenvalue weighted by molar-refractivity contribution is 7.99. The van der Waals surface area contributed by atoms with Crippen molar-refractivity contribution in [1.82, 2.24) is 15.2 Å². The first kappa shape index (κ1) is 14.3. The standard InChI is InChI=1S/C14H24N4S/c1-15-14(17-10-12-5-8-19-9-6-12)18(2)11-13-4-3-7-16-13/h3-4,7,12,16H,5-6,8-11H2,1-2H3,(H,15,17). The Morgan fingerprint density at radius 1 is 1.53 bits per heavy atom. The monoisotopic (exact) mass is 280 g/mol. The van der Waals surface area contributed by atoms with Gasteiger partial charge in [0.2, 0.25) is 0 Å². The van der Waals surface area contributed by atoms with E-state index in [1.165, 1.54) is 30.0 Å². The van der Waals surface area contributed by atoms with E-state index in [1.54, 1.807) is 0 Å². The summed E-state index contributed by atoms with van der Waals surface area (Å²) in [5.74, 6) is 4.40. The predicted octanol–water partition coefficient (Wildman–Crippen LogP) is 2.17. The fraction of sp³-hybridized carbons (Fsp3) is 0.643. The van der Waals surface area contributed by atoms with Gasteiger partial charge in [0.05, 0.1) is 6.54 Å². The minimum atomic E-state index is 0.803. The van der Waals surface area contributed by atoms with Crippen LogP contribution in [0.5, 0.6) is 0 Å². The zero-order valence-corrected chi connectivity index (χ0v) is 12.7. The topological polar surface area (TPSA) is 43.4 Å². The number of aliphatic imine (C=N–C) groups is 1. The van der Waals surface area contributed by atoms with Crippen LogP contribution in [0.1, 0.15) is 18.5 Å². The molecule has 2 heterocycles. The summed E-state index contributed by atoms with van der Waals surface area (Å²) in [6.45, 7) is 1.90. The lowest BCUT2D eigenvalue weighted by Gasteiger charge is -2.26. The minimum Gasteiger partial charge on any atom is -0.364 e. The Labute approximate surface area is 120 Å². The Morgan fingerprint density at radius 3 is 2.95 bits per heavy atom. The Balaban J connectivity index is 1.78. The molecule has 4 nitrogen and oxygen atoms in total. The average molecular weight is 280 g/mol. The molecule has 0 radical (unpaired) electrons. The van der Waals surface area contributed by atoms with Crippen molar-refractivity contribution in [2.45, 2.75) is 19.4 Å². The Morgan fingerprint density at radius 2 is 2.32 bits per heavy atom. The summed E-state index contributed by atoms with van der Waals surface area (Å²) >= 11 is 2.08. The molecule has 0 aliphatic carbocycles. The second-order valence-corrected chi connectivity index (χ2v) is 6.26. The van der Waals surface area contributed by atoms with E-state index in [2.05, 4.69) is 45.1 Å². The second kappa shape index (κ2) is 7.48. The van der Waals surface area contributed by atoms with Crippen molar-refractivity contribution in [3.63, 3.8) is 0 Å². The van der Waals surface area contributed by atoms with Crippen molar-refractivity contribution in [3.05, 3.63) is 24.0 Å². The summed E-state index contributed by atoms with van der Waals surface area (Å²) in [5.41, 5.74) is 1.21. The summed E-state index contributed by atoms with van der Waals surface area (Å²) in [4.78, 5) is 9.75. The van der Waals surface area contributed by atoms with Crippen LogP contribution in [0.15, 0.2) is 23.3 Å². The van der Waals surface area contributed by atoms with Crippen LogP contribution in [-0.2, 0) is 6.54 Å². The predicted molar refractivity (Wildman–Crippen MR) is 83.7 cm³/mol. The maximum Gasteiger partial charge on any atom is 0.193 e. The number of thioether (sulfide) groups is 1. The average Bonchev–Trinajstić information content (AvgIpc) is 2.93. The van der Waals surface area contributed by atoms with Crippen LogP contribution in [0, 0.1) is 5.92 Å². The Kier molecular flexibility index (Phi) is 5.63. The first-order valence-electron chi connectivity index (χ1n) is 6.91. The lowest BCUT2D eigenvalue weighted by Crippen LogP contribution is -2.41. The lowest BCUT2D eigenvalue weighted by molar-refractivity contribution is 0.437. The zero-order chi connectivity index (χ0) is 13.5. The number of nitrogens with one attached hydrogen (secondary N) is 2. The van der Waals surface area contributed by atoms with E-state index < -0.39 is 0 Å². The first-order valence-corrected chi connectivity index (χ1v) is 8.07.